The van der Waals surface area contributed by atoms with Crippen LogP contribution in [0.3, 0.4) is 0 Å². The smallest absolute Gasteiger partial charge is 0.264 e. The number of rotatable bonds is 8. The first-order valence-corrected chi connectivity index (χ1v) is 14.5. The second-order valence-corrected chi connectivity index (χ2v) is 11.2. The van der Waals surface area contributed by atoms with Gasteiger partial charge in [-0.1, -0.05) is 66.7 Å². The minimum atomic E-state index is -0.300. The zero-order chi connectivity index (χ0) is 27.5. The third-order valence-corrected chi connectivity index (χ3v) is 8.54. The van der Waals surface area contributed by atoms with Crippen molar-refractivity contribution in [3.63, 3.8) is 0 Å². The molecule has 1 aromatic heterocycles. The molecule has 3 heterocycles. The number of piperidine rings is 1. The van der Waals surface area contributed by atoms with Gasteiger partial charge < -0.3 is 10.2 Å². The Morgan fingerprint density at radius 1 is 0.950 bits per heavy atom. The predicted molar refractivity (Wildman–Crippen MR) is 155 cm³/mol. The fourth-order valence-electron chi connectivity index (χ4n) is 5.74. The minimum Gasteiger partial charge on any atom is -0.370 e. The molecular weight excluding hydrogens is 520 g/mol. The van der Waals surface area contributed by atoms with Crippen LogP contribution in [0.4, 0.5) is 5.69 Å². The van der Waals surface area contributed by atoms with Crippen LogP contribution in [0.2, 0.25) is 0 Å². The number of nitrogens with one attached hydrogen (secondary N) is 1. The Bertz CT molecular complexity index is 1470. The van der Waals surface area contributed by atoms with Gasteiger partial charge in [0, 0.05) is 37.1 Å². The molecule has 1 atom stereocenters. The molecule has 1 fully saturated rings. The lowest BCUT2D eigenvalue weighted by atomic mass is 9.90. The van der Waals surface area contributed by atoms with Gasteiger partial charge in [0.15, 0.2) is 0 Å². The number of anilines is 1. The first-order chi connectivity index (χ1) is 19.6. The highest BCUT2D eigenvalue weighted by molar-refractivity contribution is 7.09. The maximum Gasteiger partial charge on any atom is 0.264 e. The first kappa shape index (κ1) is 26.0. The number of carbonyl (C=O) groups excluding carboxylic acids is 3. The molecule has 8 heteroatoms. The van der Waals surface area contributed by atoms with Gasteiger partial charge in [-0.15, -0.1) is 11.3 Å². The zero-order valence-corrected chi connectivity index (χ0v) is 22.8. The highest BCUT2D eigenvalue weighted by atomic mass is 32.1. The monoisotopic (exact) mass is 550 g/mol. The number of imide groups is 1. The molecule has 0 spiro atoms. The van der Waals surface area contributed by atoms with E-state index < -0.39 is 0 Å². The lowest BCUT2D eigenvalue weighted by molar-refractivity contribution is -0.125. The number of hydrogen-bond donors (Lipinski definition) is 1. The van der Waals surface area contributed by atoms with Crippen LogP contribution >= 0.6 is 11.3 Å². The molecule has 0 aliphatic carbocycles. The van der Waals surface area contributed by atoms with Crippen LogP contribution in [0.25, 0.3) is 0 Å². The van der Waals surface area contributed by atoms with Crippen molar-refractivity contribution >= 4 is 34.7 Å². The summed E-state index contributed by atoms with van der Waals surface area (Å²) < 4.78 is 0. The van der Waals surface area contributed by atoms with E-state index in [1.165, 1.54) is 16.2 Å². The molecule has 40 heavy (non-hydrogen) atoms. The molecule has 0 radical (unpaired) electrons. The molecule has 2 aliphatic heterocycles. The van der Waals surface area contributed by atoms with Crippen molar-refractivity contribution in [1.82, 2.24) is 15.2 Å². The summed E-state index contributed by atoms with van der Waals surface area (Å²) in [5, 5.41) is 5.77. The van der Waals surface area contributed by atoms with Crippen LogP contribution < -0.4 is 10.2 Å². The number of carbonyl (C=O) groups is 3. The average Bonchev–Trinajstić information content (AvgIpc) is 3.61. The standard InChI is InChI=1S/C32H30N4O3S/c37-30(34-19-26(22-9-3-1-4-10-22)23-11-5-2-6-12-23)24-13-8-17-35(20-24)27-15-7-14-25-29(27)32(39)36(31(25)38)21-28-33-16-18-40-28/h1-7,9-12,14-16,18,24,26H,8,13,17,19-21H2,(H,34,37). The van der Waals surface area contributed by atoms with E-state index in [1.54, 1.807) is 12.3 Å². The maximum atomic E-state index is 13.4. The largest absolute Gasteiger partial charge is 0.370 e. The Kier molecular flexibility index (Phi) is 7.42. The summed E-state index contributed by atoms with van der Waals surface area (Å²) in [5.74, 6) is -0.740. The second kappa shape index (κ2) is 11.4. The van der Waals surface area contributed by atoms with Gasteiger partial charge in [0.1, 0.15) is 5.01 Å². The van der Waals surface area contributed by atoms with Gasteiger partial charge in [-0.05, 0) is 36.1 Å². The molecule has 6 rings (SSSR count). The fraction of sp³-hybridized carbons (Fsp3) is 0.250. The van der Waals surface area contributed by atoms with E-state index in [-0.39, 0.29) is 36.1 Å². The third kappa shape index (κ3) is 5.14. The Labute approximate surface area is 237 Å². The summed E-state index contributed by atoms with van der Waals surface area (Å²) >= 11 is 1.42. The van der Waals surface area contributed by atoms with E-state index in [4.69, 9.17) is 0 Å². The molecule has 4 aromatic rings. The van der Waals surface area contributed by atoms with E-state index in [0.717, 1.165) is 41.2 Å². The SMILES string of the molecule is O=C(NCC(c1ccccc1)c1ccccc1)C1CCCN(c2cccc3c2C(=O)N(Cc2nccs2)C3=O)C1. The molecule has 1 unspecified atom stereocenters. The van der Waals surface area contributed by atoms with Gasteiger partial charge >= 0.3 is 0 Å². The van der Waals surface area contributed by atoms with Crippen LogP contribution in [0.1, 0.15) is 55.6 Å². The summed E-state index contributed by atoms with van der Waals surface area (Å²) in [5.41, 5.74) is 3.88. The van der Waals surface area contributed by atoms with Crippen molar-refractivity contribution < 1.29 is 14.4 Å². The van der Waals surface area contributed by atoms with Gasteiger partial charge in [-0.2, -0.15) is 0 Å². The summed E-state index contributed by atoms with van der Waals surface area (Å²) in [6.07, 6.45) is 3.28. The van der Waals surface area contributed by atoms with Gasteiger partial charge in [-0.3, -0.25) is 19.3 Å². The van der Waals surface area contributed by atoms with Gasteiger partial charge in [-0.25, -0.2) is 4.98 Å². The summed E-state index contributed by atoms with van der Waals surface area (Å²) in [6.45, 7) is 1.89. The van der Waals surface area contributed by atoms with E-state index in [1.807, 2.05) is 53.9 Å². The molecule has 2 aliphatic rings. The Morgan fingerprint density at radius 3 is 2.35 bits per heavy atom. The highest BCUT2D eigenvalue weighted by Crippen LogP contribution is 2.35. The number of hydrogen-bond acceptors (Lipinski definition) is 6. The number of fused-ring (bicyclic) bond motifs is 1. The van der Waals surface area contributed by atoms with Crippen molar-refractivity contribution in [2.75, 3.05) is 24.5 Å². The van der Waals surface area contributed by atoms with Crippen LogP contribution in [-0.4, -0.2) is 47.2 Å². The number of thiazole rings is 1. The van der Waals surface area contributed by atoms with Crippen molar-refractivity contribution in [2.24, 2.45) is 5.92 Å². The van der Waals surface area contributed by atoms with Crippen molar-refractivity contribution in [1.29, 1.82) is 0 Å². The Morgan fingerprint density at radius 2 is 1.68 bits per heavy atom. The first-order valence-electron chi connectivity index (χ1n) is 13.6. The van der Waals surface area contributed by atoms with Gasteiger partial charge in [0.25, 0.3) is 11.8 Å². The zero-order valence-electron chi connectivity index (χ0n) is 22.0. The number of benzene rings is 3. The van der Waals surface area contributed by atoms with Crippen molar-refractivity contribution in [3.8, 4) is 0 Å². The molecule has 3 aromatic carbocycles. The fourth-order valence-corrected chi connectivity index (χ4v) is 6.35. The number of nitrogens with zero attached hydrogens (tertiary/aromatic N) is 3. The average molecular weight is 551 g/mol. The molecule has 1 saturated heterocycles. The minimum absolute atomic E-state index is 0.0157. The predicted octanol–water partition coefficient (Wildman–Crippen LogP) is 5.10. The Hall–Kier alpha value is -4.30. The maximum absolute atomic E-state index is 13.4. The molecular formula is C32H30N4O3S. The van der Waals surface area contributed by atoms with Crippen molar-refractivity contribution in [3.05, 3.63) is 118 Å². The molecule has 3 amide bonds. The van der Waals surface area contributed by atoms with E-state index in [2.05, 4.69) is 39.5 Å². The summed E-state index contributed by atoms with van der Waals surface area (Å²) in [4.78, 5) is 47.6. The van der Waals surface area contributed by atoms with Gasteiger partial charge in [0.05, 0.1) is 29.3 Å². The van der Waals surface area contributed by atoms with Crippen molar-refractivity contribution in [2.45, 2.75) is 25.3 Å². The normalized spacial score (nSPS) is 16.9. The second-order valence-electron chi connectivity index (χ2n) is 10.2. The molecule has 1 N–H and O–H groups in total. The number of amides is 3. The van der Waals surface area contributed by atoms with Gasteiger partial charge in [0.2, 0.25) is 5.91 Å². The topological polar surface area (TPSA) is 82.6 Å². The lowest BCUT2D eigenvalue weighted by Gasteiger charge is -2.34. The van der Waals surface area contributed by atoms with E-state index in [0.29, 0.717) is 24.2 Å². The van der Waals surface area contributed by atoms with Crippen LogP contribution in [0, 0.1) is 5.92 Å². The third-order valence-electron chi connectivity index (χ3n) is 7.77. The molecule has 0 saturated carbocycles. The van der Waals surface area contributed by atoms with Crippen LogP contribution in [0.5, 0.6) is 0 Å². The lowest BCUT2D eigenvalue weighted by Crippen LogP contribution is -2.44. The molecule has 7 nitrogen and oxygen atoms in total. The quantitative estimate of drug-likeness (QED) is 0.309. The molecule has 0 bridgehead atoms. The summed E-state index contributed by atoms with van der Waals surface area (Å²) in [6, 6.07) is 25.9. The number of aromatic nitrogens is 1. The van der Waals surface area contributed by atoms with E-state index >= 15 is 0 Å². The Balaban J connectivity index is 1.17. The molecule has 202 valence electrons. The van der Waals surface area contributed by atoms with Crippen LogP contribution in [-0.2, 0) is 11.3 Å². The highest BCUT2D eigenvalue weighted by Gasteiger charge is 2.39. The van der Waals surface area contributed by atoms with E-state index in [9.17, 15) is 14.4 Å². The summed E-state index contributed by atoms with van der Waals surface area (Å²) in [7, 11) is 0. The van der Waals surface area contributed by atoms with Crippen LogP contribution in [0.15, 0.2) is 90.4 Å².